The first-order valence-electron chi connectivity index (χ1n) is 2.28. The van der Waals surface area contributed by atoms with Crippen molar-refractivity contribution in [3.05, 3.63) is 6.92 Å². The van der Waals surface area contributed by atoms with Gasteiger partial charge in [0.05, 0.1) is 0 Å². The van der Waals surface area contributed by atoms with Gasteiger partial charge in [-0.3, -0.25) is 0 Å². The molecule has 1 atom stereocenters. The van der Waals surface area contributed by atoms with E-state index in [0.717, 1.165) is 6.29 Å². The van der Waals surface area contributed by atoms with Crippen molar-refractivity contribution in [1.82, 2.24) is 0 Å². The van der Waals surface area contributed by atoms with E-state index in [9.17, 15) is 4.79 Å². The maximum absolute atomic E-state index is 9.68. The molecule has 0 rings (SSSR count). The minimum Gasteiger partial charge on any atom is -0.330 e. The normalized spacial score (nSPS) is 13.4. The quantitative estimate of drug-likeness (QED) is 0.507. The van der Waals surface area contributed by atoms with Crippen LogP contribution in [-0.4, -0.2) is 12.8 Å². The van der Waals surface area contributed by atoms with Gasteiger partial charge in [-0.1, -0.05) is 0 Å². The highest BCUT2D eigenvalue weighted by Crippen LogP contribution is 1.91. The summed E-state index contributed by atoms with van der Waals surface area (Å²) in [6, 6.07) is 0. The largest absolute Gasteiger partial charge is 0.330 e. The second-order valence-electron chi connectivity index (χ2n) is 1.50. The zero-order valence-corrected chi connectivity index (χ0v) is 4.26. The summed E-state index contributed by atoms with van der Waals surface area (Å²) >= 11 is 0. The Kier molecular flexibility index (Phi) is 3.61. The molecule has 0 aliphatic heterocycles. The lowest BCUT2D eigenvalue weighted by Gasteiger charge is -1.97. The third-order valence-corrected chi connectivity index (χ3v) is 0.763. The van der Waals surface area contributed by atoms with Gasteiger partial charge in [0.15, 0.2) is 0 Å². The molecule has 0 heterocycles. The molecule has 2 N–H and O–H groups in total. The van der Waals surface area contributed by atoms with Crippen LogP contribution < -0.4 is 5.73 Å². The Bertz CT molecular complexity index is 54.0. The van der Waals surface area contributed by atoms with E-state index >= 15 is 0 Å². The summed E-state index contributed by atoms with van der Waals surface area (Å²) in [6.07, 6.45) is 1.32. The molecule has 0 bridgehead atoms. The summed E-state index contributed by atoms with van der Waals surface area (Å²) in [6.45, 7) is 4.09. The SMILES string of the molecule is [CH2]C(CN)CC=O. The Balaban J connectivity index is 2.98. The topological polar surface area (TPSA) is 43.1 Å². The van der Waals surface area contributed by atoms with E-state index in [1.807, 2.05) is 0 Å². The van der Waals surface area contributed by atoms with Crippen LogP contribution in [0.15, 0.2) is 0 Å². The Morgan fingerprint density at radius 1 is 1.86 bits per heavy atom. The van der Waals surface area contributed by atoms with Crippen LogP contribution in [0.4, 0.5) is 0 Å². The Morgan fingerprint density at radius 3 is 2.57 bits per heavy atom. The lowest BCUT2D eigenvalue weighted by Crippen LogP contribution is -2.10. The molecule has 0 aromatic heterocycles. The van der Waals surface area contributed by atoms with Crippen LogP contribution in [0.25, 0.3) is 0 Å². The third kappa shape index (κ3) is 3.46. The zero-order valence-electron chi connectivity index (χ0n) is 4.26. The molecule has 2 nitrogen and oxygen atoms in total. The van der Waals surface area contributed by atoms with E-state index < -0.39 is 0 Å². The summed E-state index contributed by atoms with van der Waals surface area (Å²) in [7, 11) is 0. The molecule has 41 valence electrons. The first-order chi connectivity index (χ1) is 3.31. The van der Waals surface area contributed by atoms with Crippen molar-refractivity contribution >= 4 is 6.29 Å². The van der Waals surface area contributed by atoms with Crippen LogP contribution in [0.5, 0.6) is 0 Å². The average Bonchev–Trinajstić information content (AvgIpc) is 1.68. The maximum Gasteiger partial charge on any atom is 0.120 e. The molecule has 1 unspecified atom stereocenters. The predicted molar refractivity (Wildman–Crippen MR) is 28.6 cm³/mol. The van der Waals surface area contributed by atoms with Crippen LogP contribution in [0.2, 0.25) is 0 Å². The third-order valence-electron chi connectivity index (χ3n) is 0.763. The van der Waals surface area contributed by atoms with E-state index in [0.29, 0.717) is 13.0 Å². The highest BCUT2D eigenvalue weighted by molar-refractivity contribution is 5.49. The predicted octanol–water partition coefficient (Wildman–Crippen LogP) is -0.0156. The molecule has 0 saturated carbocycles. The van der Waals surface area contributed by atoms with Crippen molar-refractivity contribution in [2.75, 3.05) is 6.54 Å². The highest BCUT2D eigenvalue weighted by atomic mass is 16.1. The number of carbonyl (C=O) groups excluding carboxylic acids is 1. The Hall–Kier alpha value is -0.370. The number of hydrogen-bond acceptors (Lipinski definition) is 2. The van der Waals surface area contributed by atoms with Gasteiger partial charge in [0.25, 0.3) is 0 Å². The summed E-state index contributed by atoms with van der Waals surface area (Å²) in [4.78, 5) is 9.68. The average molecular weight is 100 g/mol. The van der Waals surface area contributed by atoms with Crippen molar-refractivity contribution in [3.63, 3.8) is 0 Å². The number of nitrogens with two attached hydrogens (primary N) is 1. The molecule has 1 radical (unpaired) electrons. The number of hydrogen-bond donors (Lipinski definition) is 1. The fourth-order valence-electron chi connectivity index (χ4n) is 0.232. The van der Waals surface area contributed by atoms with Crippen molar-refractivity contribution in [2.24, 2.45) is 11.7 Å². The van der Waals surface area contributed by atoms with Gasteiger partial charge in [-0.15, -0.1) is 0 Å². The van der Waals surface area contributed by atoms with Crippen LogP contribution in [0, 0.1) is 12.8 Å². The molecule has 0 aromatic rings. The van der Waals surface area contributed by atoms with Crippen molar-refractivity contribution in [2.45, 2.75) is 6.42 Å². The maximum atomic E-state index is 9.68. The molecule has 0 aliphatic rings. The van der Waals surface area contributed by atoms with E-state index in [1.54, 1.807) is 0 Å². The Labute approximate surface area is 43.7 Å². The molecule has 7 heavy (non-hydrogen) atoms. The summed E-state index contributed by atoms with van der Waals surface area (Å²) in [5.74, 6) is 0.109. The molecule has 0 aliphatic carbocycles. The van der Waals surface area contributed by atoms with Gasteiger partial charge in [0.1, 0.15) is 6.29 Å². The van der Waals surface area contributed by atoms with Crippen LogP contribution in [0.3, 0.4) is 0 Å². The lowest BCUT2D eigenvalue weighted by atomic mass is 10.1. The molecule has 0 saturated heterocycles. The smallest absolute Gasteiger partial charge is 0.120 e. The van der Waals surface area contributed by atoms with Crippen LogP contribution in [-0.2, 0) is 4.79 Å². The molecule has 0 aromatic carbocycles. The lowest BCUT2D eigenvalue weighted by molar-refractivity contribution is -0.108. The molecular weight excluding hydrogens is 90.1 g/mol. The monoisotopic (exact) mass is 100 g/mol. The fraction of sp³-hybridized carbons (Fsp3) is 0.600. The summed E-state index contributed by atoms with van der Waals surface area (Å²) in [5.41, 5.74) is 5.14. The number of rotatable bonds is 3. The van der Waals surface area contributed by atoms with Gasteiger partial charge in [-0.25, -0.2) is 0 Å². The summed E-state index contributed by atoms with van der Waals surface area (Å²) < 4.78 is 0. The minimum atomic E-state index is 0.109. The highest BCUT2D eigenvalue weighted by Gasteiger charge is 1.93. The van der Waals surface area contributed by atoms with Crippen LogP contribution >= 0.6 is 0 Å². The van der Waals surface area contributed by atoms with Gasteiger partial charge in [-0.2, -0.15) is 0 Å². The first-order valence-corrected chi connectivity index (χ1v) is 2.28. The van der Waals surface area contributed by atoms with Crippen molar-refractivity contribution in [3.8, 4) is 0 Å². The molecule has 2 heteroatoms. The minimum absolute atomic E-state index is 0.109. The fourth-order valence-corrected chi connectivity index (χ4v) is 0.232. The van der Waals surface area contributed by atoms with E-state index in [2.05, 4.69) is 6.92 Å². The van der Waals surface area contributed by atoms with Crippen molar-refractivity contribution < 1.29 is 4.79 Å². The second-order valence-corrected chi connectivity index (χ2v) is 1.50. The molecular formula is C5H10NO. The van der Waals surface area contributed by atoms with Crippen molar-refractivity contribution in [1.29, 1.82) is 0 Å². The van der Waals surface area contributed by atoms with Crippen LogP contribution in [0.1, 0.15) is 6.42 Å². The first kappa shape index (κ1) is 6.63. The standard InChI is InChI=1S/C5H10NO/c1-5(4-6)2-3-7/h3,5H,1-2,4,6H2. The molecule has 0 fully saturated rings. The van der Waals surface area contributed by atoms with E-state index in [-0.39, 0.29) is 5.92 Å². The van der Waals surface area contributed by atoms with Gasteiger partial charge < -0.3 is 10.5 Å². The Morgan fingerprint density at radius 2 is 2.43 bits per heavy atom. The number of carbonyl (C=O) groups is 1. The van der Waals surface area contributed by atoms with Gasteiger partial charge in [0.2, 0.25) is 0 Å². The van der Waals surface area contributed by atoms with E-state index in [1.165, 1.54) is 0 Å². The summed E-state index contributed by atoms with van der Waals surface area (Å²) in [5, 5.41) is 0. The van der Waals surface area contributed by atoms with Gasteiger partial charge in [0, 0.05) is 6.42 Å². The van der Waals surface area contributed by atoms with Gasteiger partial charge in [-0.05, 0) is 19.4 Å². The van der Waals surface area contributed by atoms with E-state index in [4.69, 9.17) is 5.73 Å². The number of aldehydes is 1. The second kappa shape index (κ2) is 3.81. The van der Waals surface area contributed by atoms with Gasteiger partial charge >= 0.3 is 0 Å². The molecule has 0 spiro atoms. The zero-order chi connectivity index (χ0) is 5.70. The molecule has 0 amide bonds.